The van der Waals surface area contributed by atoms with Crippen molar-refractivity contribution in [3.63, 3.8) is 0 Å². The molecule has 0 radical (unpaired) electrons. The topological polar surface area (TPSA) is 72.0 Å². The molecule has 1 fully saturated rings. The Hall–Kier alpha value is -2.08. The monoisotopic (exact) mass is 313 g/mol. The first kappa shape index (κ1) is 13.6. The maximum absolute atomic E-state index is 12.3. The Labute approximate surface area is 131 Å². The highest BCUT2D eigenvalue weighted by Crippen LogP contribution is 2.34. The highest BCUT2D eigenvalue weighted by Gasteiger charge is 2.31. The Morgan fingerprint density at radius 2 is 2.18 bits per heavy atom. The van der Waals surface area contributed by atoms with Gasteiger partial charge in [0.25, 0.3) is 0 Å². The van der Waals surface area contributed by atoms with E-state index < -0.39 is 0 Å². The second-order valence-electron chi connectivity index (χ2n) is 5.86. The van der Waals surface area contributed by atoms with Crippen molar-refractivity contribution in [2.24, 2.45) is 5.92 Å². The maximum atomic E-state index is 12.3. The van der Waals surface area contributed by atoms with Gasteiger partial charge in [-0.1, -0.05) is 6.07 Å². The molecule has 1 amide bonds. The first-order valence-electron chi connectivity index (χ1n) is 7.44. The first-order chi connectivity index (χ1) is 10.7. The fourth-order valence-electron chi connectivity index (χ4n) is 2.79. The van der Waals surface area contributed by atoms with Gasteiger partial charge in [0.1, 0.15) is 0 Å². The van der Waals surface area contributed by atoms with Gasteiger partial charge in [0, 0.05) is 29.3 Å². The van der Waals surface area contributed by atoms with Crippen LogP contribution in [0.15, 0.2) is 23.7 Å². The summed E-state index contributed by atoms with van der Waals surface area (Å²) in [7, 11) is 0. The molecule has 1 saturated carbocycles. The van der Waals surface area contributed by atoms with Crippen LogP contribution in [0.25, 0.3) is 0 Å². The Morgan fingerprint density at radius 1 is 1.32 bits per heavy atom. The SMILES string of the molecule is O=C1C[C@H](c2cccs2)Cc2nc(NC(=O)C3CC3)ncc21. The third-order valence-electron chi connectivity index (χ3n) is 4.17. The van der Waals surface area contributed by atoms with Crippen LogP contribution in [0.5, 0.6) is 0 Å². The molecule has 1 N–H and O–H groups in total. The fraction of sp³-hybridized carbons (Fsp3) is 0.375. The zero-order valence-corrected chi connectivity index (χ0v) is 12.7. The molecule has 22 heavy (non-hydrogen) atoms. The number of hydrogen-bond donors (Lipinski definition) is 1. The molecule has 0 unspecified atom stereocenters. The summed E-state index contributed by atoms with van der Waals surface area (Å²) >= 11 is 1.67. The summed E-state index contributed by atoms with van der Waals surface area (Å²) in [6.45, 7) is 0. The Balaban J connectivity index is 1.59. The summed E-state index contributed by atoms with van der Waals surface area (Å²) < 4.78 is 0. The molecule has 1 atom stereocenters. The number of ketones is 1. The molecule has 2 aliphatic rings. The summed E-state index contributed by atoms with van der Waals surface area (Å²) in [5.41, 5.74) is 1.34. The number of Topliss-reactive ketones (excluding diaryl/α,β-unsaturated/α-hetero) is 1. The fourth-order valence-corrected chi connectivity index (χ4v) is 3.62. The van der Waals surface area contributed by atoms with E-state index in [1.165, 1.54) is 4.88 Å². The van der Waals surface area contributed by atoms with Crippen LogP contribution in [0.3, 0.4) is 0 Å². The smallest absolute Gasteiger partial charge is 0.229 e. The van der Waals surface area contributed by atoms with Crippen LogP contribution >= 0.6 is 11.3 Å². The minimum absolute atomic E-state index is 0.0168. The standard InChI is InChI=1S/C16H15N3O2S/c20-13-7-10(14-2-1-5-22-14)6-12-11(13)8-17-16(18-12)19-15(21)9-3-4-9/h1-2,5,8-10H,3-4,6-7H2,(H,17,18,19,21)/t10-/m1/s1. The van der Waals surface area contributed by atoms with Gasteiger partial charge < -0.3 is 0 Å². The lowest BCUT2D eigenvalue weighted by Crippen LogP contribution is -2.22. The molecule has 4 rings (SSSR count). The van der Waals surface area contributed by atoms with E-state index in [0.717, 1.165) is 25.0 Å². The van der Waals surface area contributed by atoms with Crippen LogP contribution in [-0.2, 0) is 11.2 Å². The van der Waals surface area contributed by atoms with Crippen molar-refractivity contribution in [1.82, 2.24) is 9.97 Å². The minimum atomic E-state index is -0.0168. The van der Waals surface area contributed by atoms with E-state index in [2.05, 4.69) is 21.4 Å². The summed E-state index contributed by atoms with van der Waals surface area (Å²) in [4.78, 5) is 33.8. The minimum Gasteiger partial charge on any atom is -0.294 e. The third kappa shape index (κ3) is 2.54. The molecule has 2 aromatic heterocycles. The number of nitrogens with zero attached hydrogens (tertiary/aromatic N) is 2. The Bertz CT molecular complexity index is 738. The number of carbonyl (C=O) groups is 2. The molecule has 5 nitrogen and oxygen atoms in total. The number of carbonyl (C=O) groups excluding carboxylic acids is 2. The van der Waals surface area contributed by atoms with Gasteiger partial charge in [-0.3, -0.25) is 14.9 Å². The lowest BCUT2D eigenvalue weighted by atomic mass is 9.86. The average molecular weight is 313 g/mol. The predicted octanol–water partition coefficient (Wildman–Crippen LogP) is 2.80. The van der Waals surface area contributed by atoms with Crippen LogP contribution < -0.4 is 5.32 Å². The van der Waals surface area contributed by atoms with Crippen molar-refractivity contribution in [1.29, 1.82) is 0 Å². The molecule has 0 aliphatic heterocycles. The zero-order chi connectivity index (χ0) is 15.1. The van der Waals surface area contributed by atoms with Gasteiger partial charge in [0.05, 0.1) is 11.3 Å². The number of thiophene rings is 1. The molecule has 0 saturated heterocycles. The second kappa shape index (κ2) is 5.28. The van der Waals surface area contributed by atoms with Crippen LogP contribution in [-0.4, -0.2) is 21.7 Å². The Morgan fingerprint density at radius 3 is 2.91 bits per heavy atom. The number of anilines is 1. The Kier molecular flexibility index (Phi) is 3.26. The van der Waals surface area contributed by atoms with E-state index in [0.29, 0.717) is 17.9 Å². The number of fused-ring (bicyclic) bond motifs is 1. The predicted molar refractivity (Wildman–Crippen MR) is 83.1 cm³/mol. The first-order valence-corrected chi connectivity index (χ1v) is 8.32. The maximum Gasteiger partial charge on any atom is 0.229 e. The largest absolute Gasteiger partial charge is 0.294 e. The van der Waals surface area contributed by atoms with Crippen LogP contribution in [0.2, 0.25) is 0 Å². The van der Waals surface area contributed by atoms with Crippen molar-refractivity contribution < 1.29 is 9.59 Å². The average Bonchev–Trinajstić information content (AvgIpc) is 3.22. The molecular weight excluding hydrogens is 298 g/mol. The normalized spacial score (nSPS) is 20.5. The van der Waals surface area contributed by atoms with Crippen molar-refractivity contribution in [2.75, 3.05) is 5.32 Å². The third-order valence-corrected chi connectivity index (χ3v) is 5.20. The van der Waals surface area contributed by atoms with Crippen LogP contribution in [0.1, 0.15) is 46.1 Å². The highest BCUT2D eigenvalue weighted by atomic mass is 32.1. The number of amides is 1. The van der Waals surface area contributed by atoms with Gasteiger partial charge in [-0.2, -0.15) is 0 Å². The second-order valence-corrected chi connectivity index (χ2v) is 6.84. The van der Waals surface area contributed by atoms with E-state index in [4.69, 9.17) is 0 Å². The quantitative estimate of drug-likeness (QED) is 0.946. The summed E-state index contributed by atoms with van der Waals surface area (Å²) in [6.07, 6.45) is 4.66. The molecule has 0 bridgehead atoms. The zero-order valence-electron chi connectivity index (χ0n) is 11.9. The molecule has 2 heterocycles. The number of nitrogens with one attached hydrogen (secondary N) is 1. The van der Waals surface area contributed by atoms with Gasteiger partial charge in [-0.15, -0.1) is 11.3 Å². The van der Waals surface area contributed by atoms with Gasteiger partial charge >= 0.3 is 0 Å². The van der Waals surface area contributed by atoms with Crippen molar-refractivity contribution in [2.45, 2.75) is 31.6 Å². The molecule has 0 aromatic carbocycles. The highest BCUT2D eigenvalue weighted by molar-refractivity contribution is 7.10. The van der Waals surface area contributed by atoms with Crippen LogP contribution in [0, 0.1) is 5.92 Å². The van der Waals surface area contributed by atoms with E-state index in [1.54, 1.807) is 17.5 Å². The van der Waals surface area contributed by atoms with Crippen molar-refractivity contribution in [3.8, 4) is 0 Å². The van der Waals surface area contributed by atoms with E-state index in [1.807, 2.05) is 11.4 Å². The molecule has 112 valence electrons. The molecule has 2 aromatic rings. The van der Waals surface area contributed by atoms with Gasteiger partial charge in [-0.25, -0.2) is 9.97 Å². The van der Waals surface area contributed by atoms with Gasteiger partial charge in [0.2, 0.25) is 11.9 Å². The molecular formula is C16H15N3O2S. The van der Waals surface area contributed by atoms with Gasteiger partial charge in [-0.05, 0) is 30.7 Å². The summed E-state index contributed by atoms with van der Waals surface area (Å²) in [6, 6.07) is 4.06. The van der Waals surface area contributed by atoms with Crippen molar-refractivity contribution >= 4 is 29.0 Å². The summed E-state index contributed by atoms with van der Waals surface area (Å²) in [5.74, 6) is 0.675. The lowest BCUT2D eigenvalue weighted by Gasteiger charge is -2.22. The van der Waals surface area contributed by atoms with E-state index >= 15 is 0 Å². The number of aromatic nitrogens is 2. The van der Waals surface area contributed by atoms with Crippen LogP contribution in [0.4, 0.5) is 5.95 Å². The lowest BCUT2D eigenvalue weighted by molar-refractivity contribution is -0.117. The van der Waals surface area contributed by atoms with Gasteiger partial charge in [0.15, 0.2) is 5.78 Å². The molecule has 6 heteroatoms. The molecule has 0 spiro atoms. The van der Waals surface area contributed by atoms with E-state index in [-0.39, 0.29) is 23.5 Å². The van der Waals surface area contributed by atoms with E-state index in [9.17, 15) is 9.59 Å². The van der Waals surface area contributed by atoms with Crippen molar-refractivity contribution in [3.05, 3.63) is 39.8 Å². The summed E-state index contributed by atoms with van der Waals surface area (Å²) in [5, 5.41) is 4.77. The number of rotatable bonds is 3. The number of hydrogen-bond acceptors (Lipinski definition) is 5. The molecule has 2 aliphatic carbocycles.